The summed E-state index contributed by atoms with van der Waals surface area (Å²) in [6, 6.07) is 3.83. The molecule has 1 aromatic rings. The standard InChI is InChI=1S/C20H24N4O5.C2HF3O2/c21-10-3-1-2-7-15(25)22-11-12-5-4-6-13-17(12)20(29)24(19(13)28)14-8-9-16(26)23-18(14)27;3-2(4,5)1(6)7/h4-6,14H,1-3,7-11,21H2,(H,22,25)(H,23,26,27);(H,6,7). The van der Waals surface area contributed by atoms with Crippen molar-refractivity contribution >= 4 is 35.5 Å². The summed E-state index contributed by atoms with van der Waals surface area (Å²) in [7, 11) is 0. The maximum atomic E-state index is 13.0. The van der Waals surface area contributed by atoms with Gasteiger partial charge in [0.05, 0.1) is 11.1 Å². The molecule has 0 radical (unpaired) electrons. The van der Waals surface area contributed by atoms with E-state index in [-0.39, 0.29) is 36.4 Å². The lowest BCUT2D eigenvalue weighted by atomic mass is 10.0. The Hall–Kier alpha value is -3.81. The Balaban J connectivity index is 0.000000572. The van der Waals surface area contributed by atoms with E-state index in [1.165, 1.54) is 6.07 Å². The van der Waals surface area contributed by atoms with Crippen molar-refractivity contribution in [2.24, 2.45) is 5.73 Å². The number of fused-ring (bicyclic) bond motifs is 1. The van der Waals surface area contributed by atoms with Gasteiger partial charge in [-0.15, -0.1) is 0 Å². The van der Waals surface area contributed by atoms with Crippen LogP contribution in [0, 0.1) is 0 Å². The minimum Gasteiger partial charge on any atom is -0.475 e. The number of unbranched alkanes of at least 4 members (excludes halogenated alkanes) is 2. The lowest BCUT2D eigenvalue weighted by molar-refractivity contribution is -0.192. The molecule has 3 rings (SSSR count). The zero-order chi connectivity index (χ0) is 27.0. The Morgan fingerprint density at radius 2 is 1.78 bits per heavy atom. The minimum atomic E-state index is -5.08. The molecule has 0 saturated carbocycles. The second-order valence-corrected chi connectivity index (χ2v) is 7.97. The molecule has 1 unspecified atom stereocenters. The quantitative estimate of drug-likeness (QED) is 0.292. The van der Waals surface area contributed by atoms with Crippen LogP contribution in [0.3, 0.4) is 0 Å². The van der Waals surface area contributed by atoms with Crippen LogP contribution in [0.25, 0.3) is 0 Å². The Labute approximate surface area is 203 Å². The molecule has 2 aliphatic rings. The van der Waals surface area contributed by atoms with Crippen molar-refractivity contribution in [1.82, 2.24) is 15.5 Å². The van der Waals surface area contributed by atoms with Crippen molar-refractivity contribution in [2.75, 3.05) is 6.54 Å². The van der Waals surface area contributed by atoms with Gasteiger partial charge < -0.3 is 16.2 Å². The number of carboxylic acids is 1. The van der Waals surface area contributed by atoms with E-state index in [0.29, 0.717) is 18.5 Å². The predicted octanol–water partition coefficient (Wildman–Crippen LogP) is 0.856. The van der Waals surface area contributed by atoms with Gasteiger partial charge in [0.15, 0.2) is 0 Å². The molecule has 1 atom stereocenters. The first-order valence-electron chi connectivity index (χ1n) is 11.0. The number of alkyl halides is 3. The van der Waals surface area contributed by atoms with Crippen LogP contribution in [0.5, 0.6) is 0 Å². The number of imide groups is 2. The average molecular weight is 514 g/mol. The number of carbonyl (C=O) groups excluding carboxylic acids is 5. The van der Waals surface area contributed by atoms with E-state index >= 15 is 0 Å². The number of piperidine rings is 1. The lowest BCUT2D eigenvalue weighted by Gasteiger charge is -2.27. The van der Waals surface area contributed by atoms with Crippen LogP contribution in [-0.4, -0.2) is 64.3 Å². The summed E-state index contributed by atoms with van der Waals surface area (Å²) < 4.78 is 31.7. The lowest BCUT2D eigenvalue weighted by Crippen LogP contribution is -2.54. The summed E-state index contributed by atoms with van der Waals surface area (Å²) in [5.41, 5.74) is 6.35. The molecule has 0 aromatic heterocycles. The molecule has 5 N–H and O–H groups in total. The molecule has 2 aliphatic heterocycles. The maximum Gasteiger partial charge on any atom is 0.490 e. The van der Waals surface area contributed by atoms with Crippen LogP contribution < -0.4 is 16.4 Å². The molecular formula is C22H25F3N4O7. The molecule has 1 fully saturated rings. The number of benzene rings is 1. The second kappa shape index (κ2) is 12.2. The first kappa shape index (κ1) is 28.4. The summed E-state index contributed by atoms with van der Waals surface area (Å²) in [4.78, 5) is 71.1. The van der Waals surface area contributed by atoms with E-state index in [1.54, 1.807) is 12.1 Å². The fraction of sp³-hybridized carbons (Fsp3) is 0.455. The molecule has 0 bridgehead atoms. The highest BCUT2D eigenvalue weighted by atomic mass is 19.4. The number of nitrogens with one attached hydrogen (secondary N) is 2. The largest absolute Gasteiger partial charge is 0.490 e. The number of rotatable bonds is 8. The van der Waals surface area contributed by atoms with Crippen molar-refractivity contribution < 1.29 is 47.0 Å². The Morgan fingerprint density at radius 3 is 2.36 bits per heavy atom. The number of nitrogens with zero attached hydrogens (tertiary/aromatic N) is 1. The first-order valence-corrected chi connectivity index (χ1v) is 11.0. The normalized spacial score (nSPS) is 17.2. The highest BCUT2D eigenvalue weighted by Crippen LogP contribution is 2.29. The number of hydrogen-bond donors (Lipinski definition) is 4. The van der Waals surface area contributed by atoms with E-state index in [1.807, 2.05) is 0 Å². The van der Waals surface area contributed by atoms with Gasteiger partial charge in [0.2, 0.25) is 17.7 Å². The van der Waals surface area contributed by atoms with Crippen LogP contribution >= 0.6 is 0 Å². The van der Waals surface area contributed by atoms with Crippen molar-refractivity contribution in [2.45, 2.75) is 57.3 Å². The molecule has 1 aromatic carbocycles. The zero-order valence-corrected chi connectivity index (χ0v) is 19.0. The minimum absolute atomic E-state index is 0.0664. The van der Waals surface area contributed by atoms with Crippen LogP contribution in [0.2, 0.25) is 0 Å². The van der Waals surface area contributed by atoms with Gasteiger partial charge in [-0.2, -0.15) is 13.2 Å². The van der Waals surface area contributed by atoms with Crippen LogP contribution in [0.15, 0.2) is 18.2 Å². The summed E-state index contributed by atoms with van der Waals surface area (Å²) in [6.45, 7) is 0.707. The topological polar surface area (TPSA) is 176 Å². The Morgan fingerprint density at radius 1 is 1.11 bits per heavy atom. The number of aliphatic carboxylic acids is 1. The van der Waals surface area contributed by atoms with Crippen LogP contribution in [-0.2, 0) is 25.7 Å². The monoisotopic (exact) mass is 514 g/mol. The molecule has 0 aliphatic carbocycles. The van der Waals surface area contributed by atoms with Crippen molar-refractivity contribution in [3.05, 3.63) is 34.9 Å². The smallest absolute Gasteiger partial charge is 0.475 e. The first-order chi connectivity index (χ1) is 16.9. The van der Waals surface area contributed by atoms with Gasteiger partial charge >= 0.3 is 12.1 Å². The van der Waals surface area contributed by atoms with E-state index in [2.05, 4.69) is 10.6 Å². The Bertz CT molecular complexity index is 1060. The van der Waals surface area contributed by atoms with E-state index in [0.717, 1.165) is 24.2 Å². The third kappa shape index (κ3) is 7.10. The summed E-state index contributed by atoms with van der Waals surface area (Å²) in [6.07, 6.45) is -2.08. The highest BCUT2D eigenvalue weighted by Gasteiger charge is 2.45. The molecule has 2 heterocycles. The van der Waals surface area contributed by atoms with Gasteiger partial charge in [-0.3, -0.25) is 34.2 Å². The van der Waals surface area contributed by atoms with Gasteiger partial charge in [-0.1, -0.05) is 18.6 Å². The fourth-order valence-electron chi connectivity index (χ4n) is 3.62. The molecule has 11 nitrogen and oxygen atoms in total. The third-order valence-electron chi connectivity index (χ3n) is 5.38. The predicted molar refractivity (Wildman–Crippen MR) is 116 cm³/mol. The Kier molecular flexibility index (Phi) is 9.67. The van der Waals surface area contributed by atoms with Crippen molar-refractivity contribution in [1.29, 1.82) is 0 Å². The SMILES string of the molecule is NCCCCCC(=O)NCc1cccc2c1C(=O)N(C1CCC(=O)NC1=O)C2=O.O=C(O)C(F)(F)F. The molecular weight excluding hydrogens is 489 g/mol. The summed E-state index contributed by atoms with van der Waals surface area (Å²) >= 11 is 0. The zero-order valence-electron chi connectivity index (χ0n) is 19.0. The van der Waals surface area contributed by atoms with E-state index in [9.17, 15) is 37.1 Å². The van der Waals surface area contributed by atoms with Crippen molar-refractivity contribution in [3.63, 3.8) is 0 Å². The number of halogens is 3. The van der Waals surface area contributed by atoms with Gasteiger partial charge in [0.1, 0.15) is 6.04 Å². The molecule has 0 spiro atoms. The van der Waals surface area contributed by atoms with Crippen LogP contribution in [0.1, 0.15) is 64.8 Å². The van der Waals surface area contributed by atoms with E-state index < -0.39 is 41.8 Å². The number of carboxylic acid groups (broad SMARTS) is 1. The molecule has 36 heavy (non-hydrogen) atoms. The number of hydrogen-bond acceptors (Lipinski definition) is 7. The van der Waals surface area contributed by atoms with Crippen LogP contribution in [0.4, 0.5) is 13.2 Å². The number of nitrogens with two attached hydrogens (primary N) is 1. The van der Waals surface area contributed by atoms with Gasteiger partial charge in [-0.05, 0) is 37.4 Å². The second-order valence-electron chi connectivity index (χ2n) is 7.97. The van der Waals surface area contributed by atoms with Gasteiger partial charge in [0.25, 0.3) is 11.8 Å². The van der Waals surface area contributed by atoms with E-state index in [4.69, 9.17) is 15.6 Å². The molecule has 196 valence electrons. The molecule has 5 amide bonds. The third-order valence-corrected chi connectivity index (χ3v) is 5.38. The average Bonchev–Trinajstić information content (AvgIpc) is 3.06. The maximum absolute atomic E-state index is 13.0. The number of amides is 5. The van der Waals surface area contributed by atoms with Crippen molar-refractivity contribution in [3.8, 4) is 0 Å². The summed E-state index contributed by atoms with van der Waals surface area (Å²) in [5, 5.41) is 12.1. The van der Waals surface area contributed by atoms with Gasteiger partial charge in [0, 0.05) is 19.4 Å². The molecule has 1 saturated heterocycles. The van der Waals surface area contributed by atoms with Gasteiger partial charge in [-0.25, -0.2) is 4.79 Å². The fourth-order valence-corrected chi connectivity index (χ4v) is 3.62. The summed E-state index contributed by atoms with van der Waals surface area (Å²) in [5.74, 6) is -5.10. The highest BCUT2D eigenvalue weighted by molar-refractivity contribution is 6.24. The number of carbonyl (C=O) groups is 6. The molecule has 14 heteroatoms.